The largest absolute Gasteiger partial charge is 0.294 e. The molecule has 3 aromatic heterocycles. The van der Waals surface area contributed by atoms with Crippen molar-refractivity contribution >= 4 is 32.8 Å². The molecule has 10 aromatic rings. The average Bonchev–Trinajstić information content (AvgIpc) is 3.87. The first-order valence-electron chi connectivity index (χ1n) is 22.4. The number of aryl methyl sites for hydroxylation is 1. The fourth-order valence-corrected chi connectivity index (χ4v) is 9.61. The highest BCUT2D eigenvalue weighted by Crippen LogP contribution is 2.47. The minimum absolute atomic E-state index is 0.354. The number of benzene rings is 7. The van der Waals surface area contributed by atoms with Crippen LogP contribution in [0.5, 0.6) is 0 Å². The van der Waals surface area contributed by atoms with E-state index in [1.165, 1.54) is 21.3 Å². The Kier molecular flexibility index (Phi) is 8.45. The van der Waals surface area contributed by atoms with Crippen molar-refractivity contribution in [1.82, 2.24) is 14.1 Å². The van der Waals surface area contributed by atoms with Gasteiger partial charge in [-0.2, -0.15) is 4.57 Å². The van der Waals surface area contributed by atoms with Crippen molar-refractivity contribution in [2.45, 2.75) is 44.9 Å². The second kappa shape index (κ2) is 15.0. The Morgan fingerprint density at radius 3 is 1.83 bits per heavy atom. The van der Waals surface area contributed by atoms with Crippen molar-refractivity contribution in [3.8, 4) is 22.6 Å². The van der Waals surface area contributed by atoms with Gasteiger partial charge in [-0.15, -0.1) is 0 Å². The Bertz CT molecular complexity index is 3220. The predicted molar refractivity (Wildman–Crippen MR) is 249 cm³/mol. The van der Waals surface area contributed by atoms with Crippen LogP contribution in [-0.4, -0.2) is 14.1 Å². The maximum atomic E-state index is 8.38. The van der Waals surface area contributed by atoms with Gasteiger partial charge in [-0.3, -0.25) is 4.57 Å². The molecule has 3 heterocycles. The number of pyridine rings is 1. The molecular weight excluding hydrogens is 729 g/mol. The molecule has 0 saturated heterocycles. The number of hydrogen-bond donors (Lipinski definition) is 0. The quantitative estimate of drug-likeness (QED) is 0.106. The summed E-state index contributed by atoms with van der Waals surface area (Å²) >= 11 is 0. The molecule has 0 aliphatic rings. The summed E-state index contributed by atoms with van der Waals surface area (Å²) in [4.78, 5) is 5.13. The zero-order valence-electron chi connectivity index (χ0n) is 37.4. The Hall–Kier alpha value is -7.04. The van der Waals surface area contributed by atoms with Crippen molar-refractivity contribution in [2.24, 2.45) is 6.98 Å². The molecule has 0 aliphatic heterocycles. The molecule has 292 valence electrons. The normalized spacial score (nSPS) is 13.0. The minimum Gasteiger partial charge on any atom is -0.294 e. The fraction of sp³-hybridized carbons (Fsp3) is 0.143. The van der Waals surface area contributed by atoms with Gasteiger partial charge in [-0.1, -0.05) is 161 Å². The molecule has 0 amide bonds. The SMILES string of the molecule is [2H]C([2H])([2H])[n+]1cn(-c2cccc(C(c3ccccc3)(c3ccccc3)c3ccc4c5ccccc5n(-c5cc(-c6c(C(C)C)cccc6C(C)C)ccn5)c4c3)c2)c2ccccc21. The topological polar surface area (TPSA) is 26.6 Å². The number of aromatic nitrogens is 4. The zero-order valence-corrected chi connectivity index (χ0v) is 34.4. The summed E-state index contributed by atoms with van der Waals surface area (Å²) in [6.07, 6.45) is 3.67. The first-order chi connectivity index (χ1) is 30.6. The van der Waals surface area contributed by atoms with E-state index in [9.17, 15) is 0 Å². The summed E-state index contributed by atoms with van der Waals surface area (Å²) < 4.78 is 30.9. The van der Waals surface area contributed by atoms with Crippen molar-refractivity contribution in [2.75, 3.05) is 0 Å². The molecule has 0 unspecified atom stereocenters. The third-order valence-corrected chi connectivity index (χ3v) is 12.3. The van der Waals surface area contributed by atoms with Gasteiger partial charge in [-0.05, 0) is 105 Å². The van der Waals surface area contributed by atoms with Gasteiger partial charge in [-0.25, -0.2) is 9.55 Å². The molecule has 0 aliphatic carbocycles. The van der Waals surface area contributed by atoms with E-state index in [2.05, 4.69) is 190 Å². The Morgan fingerprint density at radius 1 is 0.533 bits per heavy atom. The zero-order chi connectivity index (χ0) is 43.5. The lowest BCUT2D eigenvalue weighted by atomic mass is 9.65. The van der Waals surface area contributed by atoms with Gasteiger partial charge in [0.15, 0.2) is 11.0 Å². The van der Waals surface area contributed by atoms with Crippen molar-refractivity contribution in [1.29, 1.82) is 0 Å². The van der Waals surface area contributed by atoms with Crippen LogP contribution in [0.2, 0.25) is 0 Å². The Labute approximate surface area is 356 Å². The number of rotatable bonds is 9. The summed E-state index contributed by atoms with van der Waals surface area (Å²) in [5.74, 6) is 1.57. The Morgan fingerprint density at radius 2 is 1.13 bits per heavy atom. The van der Waals surface area contributed by atoms with E-state index in [1.807, 2.05) is 35.0 Å². The van der Waals surface area contributed by atoms with E-state index < -0.39 is 12.4 Å². The first-order valence-corrected chi connectivity index (χ1v) is 20.9. The molecule has 0 saturated carbocycles. The van der Waals surface area contributed by atoms with Gasteiger partial charge in [0.05, 0.1) is 27.5 Å². The van der Waals surface area contributed by atoms with E-state index >= 15 is 0 Å². The number of hydrogen-bond acceptors (Lipinski definition) is 1. The van der Waals surface area contributed by atoms with Crippen LogP contribution in [0.3, 0.4) is 0 Å². The van der Waals surface area contributed by atoms with E-state index in [4.69, 9.17) is 9.10 Å². The van der Waals surface area contributed by atoms with E-state index in [-0.39, 0.29) is 0 Å². The molecule has 60 heavy (non-hydrogen) atoms. The van der Waals surface area contributed by atoms with Crippen LogP contribution in [0.25, 0.3) is 55.5 Å². The van der Waals surface area contributed by atoms with E-state index in [0.717, 1.165) is 66.6 Å². The molecule has 0 N–H and O–H groups in total. The lowest BCUT2D eigenvalue weighted by Gasteiger charge is -2.37. The molecular formula is C56H49N4+. The molecule has 0 fully saturated rings. The van der Waals surface area contributed by atoms with Crippen LogP contribution in [0.4, 0.5) is 0 Å². The summed E-state index contributed by atoms with van der Waals surface area (Å²) in [5.41, 5.74) is 13.1. The van der Waals surface area contributed by atoms with Crippen LogP contribution in [0.1, 0.15) is 77.0 Å². The van der Waals surface area contributed by atoms with Gasteiger partial charge < -0.3 is 0 Å². The summed E-state index contributed by atoms with van der Waals surface area (Å²) in [6.45, 7) is 6.74. The standard InChI is InChI=1S/C56H49N4/c1-38(2)46-25-17-26-47(39(3)4)55(46)40-32-33-57-54(34-40)60-50-27-13-12-24-48(50)49-31-30-44(36-53(49)60)56(41-18-8-6-9-19-41,42-20-10-7-11-21-42)43-22-16-23-45(35-43)59-37-58(5)51-28-14-15-29-52(51)59/h6-39H,1-5H3/q+1/i5D3. The van der Waals surface area contributed by atoms with Crippen molar-refractivity contribution in [3.05, 3.63) is 228 Å². The monoisotopic (exact) mass is 780 g/mol. The van der Waals surface area contributed by atoms with Crippen LogP contribution in [0, 0.1) is 0 Å². The van der Waals surface area contributed by atoms with Crippen molar-refractivity contribution < 1.29 is 8.68 Å². The van der Waals surface area contributed by atoms with Crippen LogP contribution >= 0.6 is 0 Å². The third kappa shape index (κ3) is 5.97. The molecule has 0 spiro atoms. The fourth-order valence-electron chi connectivity index (χ4n) is 9.61. The smallest absolute Gasteiger partial charge is 0.249 e. The molecule has 0 bridgehead atoms. The molecule has 4 heteroatoms. The van der Waals surface area contributed by atoms with Crippen LogP contribution in [0.15, 0.2) is 195 Å². The molecule has 7 aromatic carbocycles. The molecule has 0 radical (unpaired) electrons. The third-order valence-electron chi connectivity index (χ3n) is 12.3. The average molecular weight is 781 g/mol. The summed E-state index contributed by atoms with van der Waals surface area (Å²) in [5, 5.41) is 2.30. The molecule has 10 rings (SSSR count). The van der Waals surface area contributed by atoms with E-state index in [1.54, 1.807) is 6.33 Å². The van der Waals surface area contributed by atoms with Gasteiger partial charge >= 0.3 is 0 Å². The number of nitrogens with zero attached hydrogens (tertiary/aromatic N) is 4. The minimum atomic E-state index is -2.35. The number of para-hydroxylation sites is 3. The summed E-state index contributed by atoms with van der Waals surface area (Å²) in [6, 6.07) is 64.4. The molecule has 0 atom stereocenters. The van der Waals surface area contributed by atoms with Crippen LogP contribution in [-0.2, 0) is 12.4 Å². The lowest BCUT2D eigenvalue weighted by Crippen LogP contribution is -2.31. The van der Waals surface area contributed by atoms with Crippen LogP contribution < -0.4 is 4.57 Å². The highest BCUT2D eigenvalue weighted by molar-refractivity contribution is 6.09. The first kappa shape index (κ1) is 33.9. The highest BCUT2D eigenvalue weighted by atomic mass is 15.1. The van der Waals surface area contributed by atoms with Gasteiger partial charge in [0.1, 0.15) is 11.5 Å². The predicted octanol–water partition coefficient (Wildman–Crippen LogP) is 13.2. The maximum Gasteiger partial charge on any atom is 0.249 e. The molecule has 4 nitrogen and oxygen atoms in total. The maximum absolute atomic E-state index is 8.38. The summed E-state index contributed by atoms with van der Waals surface area (Å²) in [7, 11) is 0. The number of imidazole rings is 1. The highest BCUT2D eigenvalue weighted by Gasteiger charge is 2.39. The Balaban J connectivity index is 1.26. The van der Waals surface area contributed by atoms with Gasteiger partial charge in [0, 0.05) is 17.0 Å². The number of fused-ring (bicyclic) bond motifs is 4. The lowest BCUT2D eigenvalue weighted by molar-refractivity contribution is -0.645. The van der Waals surface area contributed by atoms with Gasteiger partial charge in [0.25, 0.3) is 0 Å². The second-order valence-electron chi connectivity index (χ2n) is 16.5. The van der Waals surface area contributed by atoms with Crippen molar-refractivity contribution in [3.63, 3.8) is 0 Å². The second-order valence-corrected chi connectivity index (χ2v) is 16.5. The van der Waals surface area contributed by atoms with Gasteiger partial charge in [0.2, 0.25) is 6.33 Å². The van der Waals surface area contributed by atoms with E-state index in [0.29, 0.717) is 17.4 Å².